The highest BCUT2D eigenvalue weighted by Crippen LogP contribution is 2.26. The highest BCUT2D eigenvalue weighted by Gasteiger charge is 2.30. The van der Waals surface area contributed by atoms with Gasteiger partial charge in [-0.1, -0.05) is 6.42 Å². The third-order valence-electron chi connectivity index (χ3n) is 3.06. The Morgan fingerprint density at radius 3 is 2.42 bits per heavy atom. The number of sulfonamides is 1. The van der Waals surface area contributed by atoms with Crippen LogP contribution < -0.4 is 0 Å². The van der Waals surface area contributed by atoms with Gasteiger partial charge >= 0.3 is 0 Å². The number of non-ortho nitro benzene ring substituents is 1. The molecule has 1 fully saturated rings. The molecule has 0 N–H and O–H groups in total. The van der Waals surface area contributed by atoms with E-state index in [-0.39, 0.29) is 0 Å². The summed E-state index contributed by atoms with van der Waals surface area (Å²) in [5.41, 5.74) is -0.433. The van der Waals surface area contributed by atoms with Gasteiger partial charge in [-0.15, -0.1) is 0 Å². The zero-order chi connectivity index (χ0) is 14.0. The van der Waals surface area contributed by atoms with E-state index >= 15 is 0 Å². The van der Waals surface area contributed by atoms with Crippen LogP contribution >= 0.6 is 0 Å². The Morgan fingerprint density at radius 1 is 1.21 bits per heavy atom. The number of hydrogen-bond donors (Lipinski definition) is 0. The zero-order valence-electron chi connectivity index (χ0n) is 10.1. The molecule has 19 heavy (non-hydrogen) atoms. The summed E-state index contributed by atoms with van der Waals surface area (Å²) < 4.78 is 39.3. The summed E-state index contributed by atoms with van der Waals surface area (Å²) in [6.07, 6.45) is 2.37. The third kappa shape index (κ3) is 2.74. The van der Waals surface area contributed by atoms with Crippen molar-refractivity contribution in [1.82, 2.24) is 4.31 Å². The largest absolute Gasteiger partial charge is 0.270 e. The molecule has 8 heteroatoms. The van der Waals surface area contributed by atoms with Gasteiger partial charge in [0.1, 0.15) is 10.7 Å². The van der Waals surface area contributed by atoms with E-state index in [9.17, 15) is 22.9 Å². The second kappa shape index (κ2) is 5.22. The molecule has 0 aromatic heterocycles. The van der Waals surface area contributed by atoms with Crippen molar-refractivity contribution in [2.75, 3.05) is 13.1 Å². The topological polar surface area (TPSA) is 80.5 Å². The van der Waals surface area contributed by atoms with Gasteiger partial charge in [-0.25, -0.2) is 12.8 Å². The van der Waals surface area contributed by atoms with Crippen LogP contribution in [-0.2, 0) is 10.0 Å². The number of piperidine rings is 1. The van der Waals surface area contributed by atoms with E-state index < -0.39 is 31.3 Å². The standard InChI is InChI=1S/C11H13FN2O4S/c12-10-5-4-9(14(15)16)8-11(10)19(17,18)13-6-2-1-3-7-13/h4-5,8H,1-3,6-7H2. The number of rotatable bonds is 3. The quantitative estimate of drug-likeness (QED) is 0.628. The third-order valence-corrected chi connectivity index (χ3v) is 4.97. The molecule has 0 unspecified atom stereocenters. The highest BCUT2D eigenvalue weighted by atomic mass is 32.2. The van der Waals surface area contributed by atoms with E-state index in [0.29, 0.717) is 13.1 Å². The van der Waals surface area contributed by atoms with Crippen molar-refractivity contribution in [2.45, 2.75) is 24.2 Å². The minimum absolute atomic E-state index is 0.324. The Labute approximate surface area is 110 Å². The van der Waals surface area contributed by atoms with Crippen LogP contribution in [0.5, 0.6) is 0 Å². The summed E-state index contributed by atoms with van der Waals surface area (Å²) in [6.45, 7) is 0.648. The SMILES string of the molecule is O=[N+]([O-])c1ccc(F)c(S(=O)(=O)N2CCCCC2)c1. The normalized spacial score (nSPS) is 17.3. The lowest BCUT2D eigenvalue weighted by Gasteiger charge is -2.25. The summed E-state index contributed by atoms with van der Waals surface area (Å²) in [7, 11) is -3.99. The van der Waals surface area contributed by atoms with Crippen molar-refractivity contribution >= 4 is 15.7 Å². The van der Waals surface area contributed by atoms with Gasteiger partial charge in [0.25, 0.3) is 5.69 Å². The molecule has 1 heterocycles. The molecule has 0 spiro atoms. The number of halogens is 1. The molecule has 0 amide bonds. The lowest BCUT2D eigenvalue weighted by molar-refractivity contribution is -0.385. The van der Waals surface area contributed by atoms with Gasteiger partial charge in [0.2, 0.25) is 10.0 Å². The first-order valence-corrected chi connectivity index (χ1v) is 7.31. The summed E-state index contributed by atoms with van der Waals surface area (Å²) >= 11 is 0. The molecular weight excluding hydrogens is 275 g/mol. The molecule has 0 radical (unpaired) electrons. The number of benzene rings is 1. The van der Waals surface area contributed by atoms with E-state index in [2.05, 4.69) is 0 Å². The first-order valence-electron chi connectivity index (χ1n) is 5.87. The van der Waals surface area contributed by atoms with Gasteiger partial charge in [-0.05, 0) is 18.9 Å². The van der Waals surface area contributed by atoms with Crippen molar-refractivity contribution in [1.29, 1.82) is 0 Å². The second-order valence-corrected chi connectivity index (χ2v) is 6.24. The van der Waals surface area contributed by atoms with E-state index in [1.807, 2.05) is 0 Å². The fraction of sp³-hybridized carbons (Fsp3) is 0.455. The van der Waals surface area contributed by atoms with Crippen molar-refractivity contribution in [3.05, 3.63) is 34.1 Å². The van der Waals surface area contributed by atoms with Gasteiger partial charge < -0.3 is 0 Å². The molecule has 0 bridgehead atoms. The average Bonchev–Trinajstić information content (AvgIpc) is 2.39. The van der Waals surface area contributed by atoms with E-state index in [4.69, 9.17) is 0 Å². The number of nitrogens with zero attached hydrogens (tertiary/aromatic N) is 2. The molecule has 104 valence electrons. The van der Waals surface area contributed by atoms with Crippen molar-refractivity contribution < 1.29 is 17.7 Å². The van der Waals surface area contributed by atoms with Crippen LogP contribution in [0.1, 0.15) is 19.3 Å². The van der Waals surface area contributed by atoms with Crippen LogP contribution in [0.2, 0.25) is 0 Å². The fourth-order valence-corrected chi connectivity index (χ4v) is 3.65. The van der Waals surface area contributed by atoms with Gasteiger partial charge in [-0.3, -0.25) is 10.1 Å². The van der Waals surface area contributed by atoms with Crippen molar-refractivity contribution in [3.63, 3.8) is 0 Å². The summed E-state index contributed by atoms with van der Waals surface area (Å²) in [5, 5.41) is 10.6. The minimum atomic E-state index is -3.99. The first-order chi connectivity index (χ1) is 8.93. The van der Waals surface area contributed by atoms with Gasteiger partial charge in [0.15, 0.2) is 0 Å². The smallest absolute Gasteiger partial charge is 0.258 e. The van der Waals surface area contributed by atoms with E-state index in [1.165, 1.54) is 4.31 Å². The first kappa shape index (κ1) is 13.9. The van der Waals surface area contributed by atoms with Gasteiger partial charge in [-0.2, -0.15) is 4.31 Å². The maximum Gasteiger partial charge on any atom is 0.270 e. The van der Waals surface area contributed by atoms with Crippen LogP contribution in [-0.4, -0.2) is 30.7 Å². The lowest BCUT2D eigenvalue weighted by Crippen LogP contribution is -2.36. The van der Waals surface area contributed by atoms with Crippen LogP contribution in [0, 0.1) is 15.9 Å². The van der Waals surface area contributed by atoms with E-state index in [0.717, 1.165) is 37.5 Å². The minimum Gasteiger partial charge on any atom is -0.258 e. The lowest BCUT2D eigenvalue weighted by atomic mass is 10.2. The summed E-state index contributed by atoms with van der Waals surface area (Å²) in [4.78, 5) is 9.28. The summed E-state index contributed by atoms with van der Waals surface area (Å²) in [6, 6.07) is 2.54. The van der Waals surface area contributed by atoms with Crippen LogP contribution in [0.15, 0.2) is 23.1 Å². The molecule has 0 aliphatic carbocycles. The Hall–Kier alpha value is -1.54. The molecule has 1 aliphatic heterocycles. The molecule has 2 rings (SSSR count). The van der Waals surface area contributed by atoms with Crippen LogP contribution in [0.4, 0.5) is 10.1 Å². The maximum absolute atomic E-state index is 13.7. The van der Waals surface area contributed by atoms with Gasteiger partial charge in [0.05, 0.1) is 4.92 Å². The molecule has 0 atom stereocenters. The zero-order valence-corrected chi connectivity index (χ0v) is 10.9. The second-order valence-electron chi connectivity index (χ2n) is 4.34. The van der Waals surface area contributed by atoms with Crippen molar-refractivity contribution in [2.24, 2.45) is 0 Å². The molecular formula is C11H13FN2O4S. The summed E-state index contributed by atoms with van der Waals surface area (Å²) in [5.74, 6) is -0.962. The van der Waals surface area contributed by atoms with Crippen molar-refractivity contribution in [3.8, 4) is 0 Å². The fourth-order valence-electron chi connectivity index (χ4n) is 2.05. The monoisotopic (exact) mass is 288 g/mol. The number of nitro benzene ring substituents is 1. The molecule has 1 aromatic carbocycles. The Bertz CT molecular complexity index is 597. The van der Waals surface area contributed by atoms with Crippen LogP contribution in [0.25, 0.3) is 0 Å². The highest BCUT2D eigenvalue weighted by molar-refractivity contribution is 7.89. The molecule has 1 aliphatic rings. The maximum atomic E-state index is 13.7. The Morgan fingerprint density at radius 2 is 1.84 bits per heavy atom. The van der Waals surface area contributed by atoms with Gasteiger partial charge in [0, 0.05) is 25.2 Å². The molecule has 6 nitrogen and oxygen atoms in total. The van der Waals surface area contributed by atoms with E-state index in [1.54, 1.807) is 0 Å². The predicted molar refractivity (Wildman–Crippen MR) is 65.7 cm³/mol. The number of hydrogen-bond acceptors (Lipinski definition) is 4. The van der Waals surface area contributed by atoms with Crippen LogP contribution in [0.3, 0.4) is 0 Å². The Balaban J connectivity index is 2.44. The number of nitro groups is 1. The average molecular weight is 288 g/mol. The molecule has 0 saturated carbocycles. The Kier molecular flexibility index (Phi) is 3.81. The predicted octanol–water partition coefficient (Wildman–Crippen LogP) is 1.91. The molecule has 1 aromatic rings. The molecule has 1 saturated heterocycles.